The normalized spacial score (nSPS) is 24.9. The SMILES string of the molecule is C=COCCCNC(=O)C1CCCC1N. The molecule has 1 amide bonds. The Morgan fingerprint density at radius 3 is 3.00 bits per heavy atom. The first-order valence-corrected chi connectivity index (χ1v) is 5.51. The molecule has 0 spiro atoms. The second kappa shape index (κ2) is 6.45. The number of carbonyl (C=O) groups excluding carboxylic acids is 1. The van der Waals surface area contributed by atoms with Crippen LogP contribution in [0, 0.1) is 5.92 Å². The molecule has 2 unspecified atom stereocenters. The Labute approximate surface area is 90.9 Å². The minimum absolute atomic E-state index is 0.0188. The molecule has 1 fully saturated rings. The van der Waals surface area contributed by atoms with Gasteiger partial charge < -0.3 is 15.8 Å². The first-order chi connectivity index (χ1) is 7.25. The summed E-state index contributed by atoms with van der Waals surface area (Å²) in [4.78, 5) is 11.6. The third-order valence-corrected chi connectivity index (χ3v) is 2.76. The van der Waals surface area contributed by atoms with Crippen molar-refractivity contribution in [2.75, 3.05) is 13.2 Å². The fraction of sp³-hybridized carbons (Fsp3) is 0.727. The minimum atomic E-state index is 0.0188. The van der Waals surface area contributed by atoms with Gasteiger partial charge in [-0.1, -0.05) is 13.0 Å². The van der Waals surface area contributed by atoms with Gasteiger partial charge in [-0.05, 0) is 19.3 Å². The Morgan fingerprint density at radius 1 is 1.60 bits per heavy atom. The van der Waals surface area contributed by atoms with E-state index >= 15 is 0 Å². The molecule has 0 aliphatic heterocycles. The zero-order valence-corrected chi connectivity index (χ0v) is 9.08. The van der Waals surface area contributed by atoms with Crippen LogP contribution in [0.4, 0.5) is 0 Å². The fourth-order valence-electron chi connectivity index (χ4n) is 1.90. The van der Waals surface area contributed by atoms with Crippen LogP contribution in [0.3, 0.4) is 0 Å². The highest BCUT2D eigenvalue weighted by Crippen LogP contribution is 2.23. The minimum Gasteiger partial charge on any atom is -0.502 e. The smallest absolute Gasteiger partial charge is 0.224 e. The molecule has 2 atom stereocenters. The van der Waals surface area contributed by atoms with Crippen LogP contribution in [0.5, 0.6) is 0 Å². The quantitative estimate of drug-likeness (QED) is 0.505. The Hall–Kier alpha value is -1.03. The third-order valence-electron chi connectivity index (χ3n) is 2.76. The molecule has 0 radical (unpaired) electrons. The van der Waals surface area contributed by atoms with Gasteiger partial charge in [-0.2, -0.15) is 0 Å². The number of hydrogen-bond acceptors (Lipinski definition) is 3. The maximum Gasteiger partial charge on any atom is 0.224 e. The second-order valence-corrected chi connectivity index (χ2v) is 3.88. The van der Waals surface area contributed by atoms with Crippen molar-refractivity contribution < 1.29 is 9.53 Å². The van der Waals surface area contributed by atoms with Gasteiger partial charge in [-0.15, -0.1) is 0 Å². The van der Waals surface area contributed by atoms with Gasteiger partial charge in [-0.3, -0.25) is 4.79 Å². The summed E-state index contributed by atoms with van der Waals surface area (Å²) in [6.45, 7) is 4.69. The average Bonchev–Trinajstić information content (AvgIpc) is 2.64. The lowest BCUT2D eigenvalue weighted by Gasteiger charge is -2.14. The van der Waals surface area contributed by atoms with Crippen LogP contribution in [0.25, 0.3) is 0 Å². The molecule has 0 heterocycles. The highest BCUT2D eigenvalue weighted by Gasteiger charge is 2.29. The molecule has 4 heteroatoms. The lowest BCUT2D eigenvalue weighted by molar-refractivity contribution is -0.125. The maximum atomic E-state index is 11.6. The van der Waals surface area contributed by atoms with E-state index in [-0.39, 0.29) is 17.9 Å². The monoisotopic (exact) mass is 212 g/mol. The molecule has 1 rings (SSSR count). The van der Waals surface area contributed by atoms with Crippen molar-refractivity contribution in [3.05, 3.63) is 12.8 Å². The summed E-state index contributed by atoms with van der Waals surface area (Å²) in [7, 11) is 0. The Bertz CT molecular complexity index is 219. The largest absolute Gasteiger partial charge is 0.502 e. The predicted octanol–water partition coefficient (Wildman–Crippen LogP) is 0.780. The molecular formula is C11H20N2O2. The number of carbonyl (C=O) groups is 1. The summed E-state index contributed by atoms with van der Waals surface area (Å²) >= 11 is 0. The molecule has 4 nitrogen and oxygen atoms in total. The van der Waals surface area contributed by atoms with E-state index in [2.05, 4.69) is 11.9 Å². The molecule has 0 aromatic heterocycles. The summed E-state index contributed by atoms with van der Waals surface area (Å²) in [6.07, 6.45) is 5.18. The van der Waals surface area contributed by atoms with Gasteiger partial charge in [-0.25, -0.2) is 0 Å². The van der Waals surface area contributed by atoms with Gasteiger partial charge in [0.15, 0.2) is 0 Å². The molecule has 0 saturated heterocycles. The standard InChI is InChI=1S/C11H20N2O2/c1-2-15-8-4-7-13-11(14)9-5-3-6-10(9)12/h2,9-10H,1,3-8,12H2,(H,13,14). The van der Waals surface area contributed by atoms with Crippen LogP contribution in [-0.2, 0) is 9.53 Å². The molecule has 0 bridgehead atoms. The van der Waals surface area contributed by atoms with E-state index in [1.165, 1.54) is 6.26 Å². The van der Waals surface area contributed by atoms with E-state index in [0.29, 0.717) is 13.2 Å². The first kappa shape index (κ1) is 12.0. The number of nitrogens with two attached hydrogens (primary N) is 1. The summed E-state index contributed by atoms with van der Waals surface area (Å²) < 4.78 is 4.95. The topological polar surface area (TPSA) is 64.3 Å². The van der Waals surface area contributed by atoms with Crippen LogP contribution in [-0.4, -0.2) is 25.1 Å². The van der Waals surface area contributed by atoms with Crippen molar-refractivity contribution in [2.45, 2.75) is 31.7 Å². The molecule has 86 valence electrons. The maximum absolute atomic E-state index is 11.6. The van der Waals surface area contributed by atoms with Crippen molar-refractivity contribution in [3.63, 3.8) is 0 Å². The lowest BCUT2D eigenvalue weighted by atomic mass is 10.0. The van der Waals surface area contributed by atoms with Crippen LogP contribution in [0.1, 0.15) is 25.7 Å². The highest BCUT2D eigenvalue weighted by atomic mass is 16.5. The zero-order chi connectivity index (χ0) is 11.1. The van der Waals surface area contributed by atoms with Gasteiger partial charge in [0.05, 0.1) is 18.8 Å². The van der Waals surface area contributed by atoms with Crippen LogP contribution in [0.2, 0.25) is 0 Å². The highest BCUT2D eigenvalue weighted by molar-refractivity contribution is 5.79. The molecule has 3 N–H and O–H groups in total. The number of nitrogens with one attached hydrogen (secondary N) is 1. The number of hydrogen-bond donors (Lipinski definition) is 2. The van der Waals surface area contributed by atoms with Crippen LogP contribution >= 0.6 is 0 Å². The van der Waals surface area contributed by atoms with E-state index in [0.717, 1.165) is 25.7 Å². The number of amides is 1. The van der Waals surface area contributed by atoms with Crippen molar-refractivity contribution >= 4 is 5.91 Å². The van der Waals surface area contributed by atoms with Gasteiger partial charge in [0.25, 0.3) is 0 Å². The van der Waals surface area contributed by atoms with E-state index in [9.17, 15) is 4.79 Å². The summed E-state index contributed by atoms with van der Waals surface area (Å²) in [5, 5.41) is 2.88. The van der Waals surface area contributed by atoms with Crippen molar-refractivity contribution in [3.8, 4) is 0 Å². The van der Waals surface area contributed by atoms with Gasteiger partial charge >= 0.3 is 0 Å². The fourth-order valence-corrected chi connectivity index (χ4v) is 1.90. The Morgan fingerprint density at radius 2 is 2.40 bits per heavy atom. The molecule has 1 aliphatic rings. The third kappa shape index (κ3) is 3.91. The second-order valence-electron chi connectivity index (χ2n) is 3.88. The molecule has 0 aromatic carbocycles. The van der Waals surface area contributed by atoms with Crippen molar-refractivity contribution in [1.29, 1.82) is 0 Å². The predicted molar refractivity (Wildman–Crippen MR) is 59.1 cm³/mol. The van der Waals surface area contributed by atoms with Gasteiger partial charge in [0, 0.05) is 12.6 Å². The Balaban J connectivity index is 2.10. The summed E-state index contributed by atoms with van der Waals surface area (Å²) in [6, 6.07) is 0.0504. The Kier molecular flexibility index (Phi) is 5.18. The van der Waals surface area contributed by atoms with Gasteiger partial charge in [0.2, 0.25) is 5.91 Å². The van der Waals surface area contributed by atoms with E-state index in [1.54, 1.807) is 0 Å². The zero-order valence-electron chi connectivity index (χ0n) is 9.08. The molecule has 15 heavy (non-hydrogen) atoms. The average molecular weight is 212 g/mol. The number of ether oxygens (including phenoxy) is 1. The first-order valence-electron chi connectivity index (χ1n) is 5.51. The summed E-state index contributed by atoms with van der Waals surface area (Å²) in [5.41, 5.74) is 5.83. The molecule has 1 saturated carbocycles. The van der Waals surface area contributed by atoms with Crippen LogP contribution in [0.15, 0.2) is 12.8 Å². The lowest BCUT2D eigenvalue weighted by Crippen LogP contribution is -2.39. The van der Waals surface area contributed by atoms with E-state index in [1.807, 2.05) is 0 Å². The van der Waals surface area contributed by atoms with Crippen LogP contribution < -0.4 is 11.1 Å². The molecule has 1 aliphatic carbocycles. The number of rotatable bonds is 6. The van der Waals surface area contributed by atoms with Crippen molar-refractivity contribution in [2.24, 2.45) is 11.7 Å². The summed E-state index contributed by atoms with van der Waals surface area (Å²) in [5.74, 6) is 0.115. The van der Waals surface area contributed by atoms with Crippen molar-refractivity contribution in [1.82, 2.24) is 5.32 Å². The molecular weight excluding hydrogens is 192 g/mol. The van der Waals surface area contributed by atoms with E-state index in [4.69, 9.17) is 10.5 Å². The van der Waals surface area contributed by atoms with E-state index < -0.39 is 0 Å². The molecule has 0 aromatic rings. The van der Waals surface area contributed by atoms with Gasteiger partial charge in [0.1, 0.15) is 0 Å².